The SMILES string of the molecule is CNC(=O)C(C)Nc1snc2ccccc12. The molecule has 0 spiro atoms. The molecule has 0 radical (unpaired) electrons. The molecule has 1 aromatic heterocycles. The lowest BCUT2D eigenvalue weighted by Gasteiger charge is -2.11. The first-order chi connectivity index (χ1) is 7.72. The van der Waals surface area contributed by atoms with Gasteiger partial charge in [-0.1, -0.05) is 12.1 Å². The number of anilines is 1. The molecule has 1 atom stereocenters. The van der Waals surface area contributed by atoms with Gasteiger partial charge in [0.15, 0.2) is 0 Å². The second-order valence-corrected chi connectivity index (χ2v) is 4.28. The van der Waals surface area contributed by atoms with Crippen molar-refractivity contribution in [2.45, 2.75) is 13.0 Å². The largest absolute Gasteiger partial charge is 0.364 e. The van der Waals surface area contributed by atoms with Crippen LogP contribution in [0.1, 0.15) is 6.92 Å². The number of carbonyl (C=O) groups excluding carboxylic acids is 1. The Hall–Kier alpha value is -1.62. The minimum atomic E-state index is -0.256. The zero-order chi connectivity index (χ0) is 11.5. The summed E-state index contributed by atoms with van der Waals surface area (Å²) in [5.41, 5.74) is 0.958. The number of amides is 1. The fraction of sp³-hybridized carbons (Fsp3) is 0.273. The van der Waals surface area contributed by atoms with Gasteiger partial charge < -0.3 is 10.6 Å². The summed E-state index contributed by atoms with van der Waals surface area (Å²) in [5.74, 6) is -0.0301. The van der Waals surface area contributed by atoms with Crippen molar-refractivity contribution in [1.82, 2.24) is 9.69 Å². The zero-order valence-electron chi connectivity index (χ0n) is 9.15. The molecule has 2 aromatic rings. The molecule has 16 heavy (non-hydrogen) atoms. The van der Waals surface area contributed by atoms with Crippen molar-refractivity contribution >= 4 is 33.3 Å². The lowest BCUT2D eigenvalue weighted by molar-refractivity contribution is -0.121. The number of hydrogen-bond acceptors (Lipinski definition) is 4. The van der Waals surface area contributed by atoms with Gasteiger partial charge in [-0.2, -0.15) is 4.37 Å². The summed E-state index contributed by atoms with van der Waals surface area (Å²) in [6.07, 6.45) is 0. The summed E-state index contributed by atoms with van der Waals surface area (Å²) in [4.78, 5) is 11.4. The van der Waals surface area contributed by atoms with Crippen molar-refractivity contribution in [3.63, 3.8) is 0 Å². The first kappa shape index (κ1) is 10.9. The number of carbonyl (C=O) groups is 1. The van der Waals surface area contributed by atoms with E-state index in [1.807, 2.05) is 31.2 Å². The quantitative estimate of drug-likeness (QED) is 0.853. The van der Waals surface area contributed by atoms with Crippen LogP contribution < -0.4 is 10.6 Å². The number of rotatable bonds is 3. The molecule has 0 saturated heterocycles. The smallest absolute Gasteiger partial charge is 0.241 e. The Morgan fingerprint density at radius 1 is 1.44 bits per heavy atom. The van der Waals surface area contributed by atoms with Crippen LogP contribution >= 0.6 is 11.5 Å². The third-order valence-corrected chi connectivity index (χ3v) is 3.18. The van der Waals surface area contributed by atoms with E-state index >= 15 is 0 Å². The predicted molar refractivity (Wildman–Crippen MR) is 66.8 cm³/mol. The van der Waals surface area contributed by atoms with Gasteiger partial charge in [-0.25, -0.2) is 0 Å². The van der Waals surface area contributed by atoms with Crippen molar-refractivity contribution in [2.24, 2.45) is 0 Å². The summed E-state index contributed by atoms with van der Waals surface area (Å²) < 4.78 is 4.30. The van der Waals surface area contributed by atoms with Gasteiger partial charge in [0.2, 0.25) is 5.91 Å². The van der Waals surface area contributed by atoms with Gasteiger partial charge >= 0.3 is 0 Å². The lowest BCUT2D eigenvalue weighted by Crippen LogP contribution is -2.34. The molecular weight excluding hydrogens is 222 g/mol. The van der Waals surface area contributed by atoms with Gasteiger partial charge in [0.25, 0.3) is 0 Å². The highest BCUT2D eigenvalue weighted by Crippen LogP contribution is 2.27. The molecule has 0 saturated carbocycles. The van der Waals surface area contributed by atoms with E-state index < -0.39 is 0 Å². The van der Waals surface area contributed by atoms with Crippen LogP contribution in [0.5, 0.6) is 0 Å². The fourth-order valence-corrected chi connectivity index (χ4v) is 2.32. The van der Waals surface area contributed by atoms with Crippen molar-refractivity contribution in [2.75, 3.05) is 12.4 Å². The maximum atomic E-state index is 11.4. The average molecular weight is 235 g/mol. The molecule has 0 aliphatic rings. The van der Waals surface area contributed by atoms with Crippen molar-refractivity contribution in [3.8, 4) is 0 Å². The van der Waals surface area contributed by atoms with E-state index in [9.17, 15) is 4.79 Å². The number of nitrogens with zero attached hydrogens (tertiary/aromatic N) is 1. The predicted octanol–water partition coefficient (Wildman–Crippen LogP) is 1.84. The van der Waals surface area contributed by atoms with Gasteiger partial charge in [-0.15, -0.1) is 0 Å². The van der Waals surface area contributed by atoms with Gasteiger partial charge in [0.1, 0.15) is 11.0 Å². The Balaban J connectivity index is 2.24. The minimum absolute atomic E-state index is 0.0301. The van der Waals surface area contributed by atoms with E-state index in [1.165, 1.54) is 11.5 Å². The molecular formula is C11H13N3OS. The topological polar surface area (TPSA) is 54.0 Å². The molecule has 84 valence electrons. The van der Waals surface area contributed by atoms with Crippen LogP contribution in [-0.2, 0) is 4.79 Å². The molecule has 1 aromatic carbocycles. The molecule has 0 aliphatic heterocycles. The summed E-state index contributed by atoms with van der Waals surface area (Å²) in [6.45, 7) is 1.83. The standard InChI is InChI=1S/C11H13N3OS/c1-7(10(15)12-2)13-11-8-5-3-4-6-9(8)14-16-11/h3-7,13H,1-2H3,(H,12,15). The van der Waals surface area contributed by atoms with E-state index in [-0.39, 0.29) is 11.9 Å². The van der Waals surface area contributed by atoms with Crippen LogP contribution in [0.2, 0.25) is 0 Å². The van der Waals surface area contributed by atoms with Crippen molar-refractivity contribution in [3.05, 3.63) is 24.3 Å². The second kappa shape index (κ2) is 4.49. The Labute approximate surface area is 97.8 Å². The zero-order valence-corrected chi connectivity index (χ0v) is 9.97. The first-order valence-corrected chi connectivity index (χ1v) is 5.82. The van der Waals surface area contributed by atoms with Crippen molar-refractivity contribution in [1.29, 1.82) is 0 Å². The fourth-order valence-electron chi connectivity index (χ4n) is 1.47. The number of likely N-dealkylation sites (N-methyl/N-ethyl adjacent to an activating group) is 1. The van der Waals surface area contributed by atoms with E-state index in [0.717, 1.165) is 15.9 Å². The third kappa shape index (κ3) is 1.99. The molecule has 2 N–H and O–H groups in total. The summed E-state index contributed by atoms with van der Waals surface area (Å²) in [5, 5.41) is 7.76. The maximum Gasteiger partial charge on any atom is 0.241 e. The van der Waals surface area contributed by atoms with Crippen molar-refractivity contribution < 1.29 is 4.79 Å². The number of aromatic nitrogens is 1. The molecule has 1 amide bonds. The maximum absolute atomic E-state index is 11.4. The van der Waals surface area contributed by atoms with Crippen LogP contribution in [0, 0.1) is 0 Å². The Bertz CT molecular complexity index is 509. The van der Waals surface area contributed by atoms with Gasteiger partial charge in [0.05, 0.1) is 5.52 Å². The number of nitrogens with one attached hydrogen (secondary N) is 2. The van der Waals surface area contributed by atoms with Crippen LogP contribution in [-0.4, -0.2) is 23.4 Å². The highest BCUT2D eigenvalue weighted by molar-refractivity contribution is 7.11. The third-order valence-electron chi connectivity index (χ3n) is 2.37. The van der Waals surface area contributed by atoms with E-state index in [4.69, 9.17) is 0 Å². The monoisotopic (exact) mass is 235 g/mol. The Morgan fingerprint density at radius 2 is 2.19 bits per heavy atom. The highest BCUT2D eigenvalue weighted by Gasteiger charge is 2.13. The number of fused-ring (bicyclic) bond motifs is 1. The summed E-state index contributed by atoms with van der Waals surface area (Å²) in [6, 6.07) is 7.62. The molecule has 1 heterocycles. The van der Waals surface area contributed by atoms with Crippen LogP contribution in [0.4, 0.5) is 5.00 Å². The molecule has 0 fully saturated rings. The summed E-state index contributed by atoms with van der Waals surface area (Å²) in [7, 11) is 1.63. The van der Waals surface area contributed by atoms with E-state index in [0.29, 0.717) is 0 Å². The van der Waals surface area contributed by atoms with Crippen LogP contribution in [0.15, 0.2) is 24.3 Å². The first-order valence-electron chi connectivity index (χ1n) is 5.05. The Morgan fingerprint density at radius 3 is 2.94 bits per heavy atom. The lowest BCUT2D eigenvalue weighted by atomic mass is 10.2. The molecule has 0 aliphatic carbocycles. The number of benzene rings is 1. The number of hydrogen-bond donors (Lipinski definition) is 2. The van der Waals surface area contributed by atoms with Gasteiger partial charge in [0, 0.05) is 12.4 Å². The summed E-state index contributed by atoms with van der Waals surface area (Å²) >= 11 is 1.38. The molecule has 0 bridgehead atoms. The molecule has 4 nitrogen and oxygen atoms in total. The van der Waals surface area contributed by atoms with E-state index in [2.05, 4.69) is 15.0 Å². The van der Waals surface area contributed by atoms with Crippen LogP contribution in [0.25, 0.3) is 10.9 Å². The molecule has 1 unspecified atom stereocenters. The van der Waals surface area contributed by atoms with Gasteiger partial charge in [-0.3, -0.25) is 4.79 Å². The minimum Gasteiger partial charge on any atom is -0.364 e. The molecule has 2 rings (SSSR count). The van der Waals surface area contributed by atoms with Gasteiger partial charge in [-0.05, 0) is 30.6 Å². The normalized spacial score (nSPS) is 12.4. The Kier molecular flexibility index (Phi) is 3.05. The average Bonchev–Trinajstić information content (AvgIpc) is 2.72. The second-order valence-electron chi connectivity index (χ2n) is 3.51. The van der Waals surface area contributed by atoms with E-state index in [1.54, 1.807) is 7.05 Å². The highest BCUT2D eigenvalue weighted by atomic mass is 32.1. The molecule has 5 heteroatoms. The van der Waals surface area contributed by atoms with Crippen LogP contribution in [0.3, 0.4) is 0 Å².